The van der Waals surface area contributed by atoms with Gasteiger partial charge in [-0.2, -0.15) is 0 Å². The normalized spacial score (nSPS) is 11.7. The van der Waals surface area contributed by atoms with E-state index in [1.54, 1.807) is 32.2 Å². The van der Waals surface area contributed by atoms with Crippen LogP contribution in [0.3, 0.4) is 0 Å². The number of methoxy groups -OCH3 is 1. The molecule has 8 nitrogen and oxygen atoms in total. The van der Waals surface area contributed by atoms with Crippen LogP contribution in [-0.4, -0.2) is 37.4 Å². The van der Waals surface area contributed by atoms with E-state index in [1.807, 2.05) is 6.92 Å². The molecule has 0 saturated carbocycles. The van der Waals surface area contributed by atoms with Crippen molar-refractivity contribution in [2.45, 2.75) is 20.0 Å². The number of ether oxygens (including phenoxy) is 2. The van der Waals surface area contributed by atoms with Crippen LogP contribution in [0.4, 0.5) is 0 Å². The molecule has 2 aromatic rings. The fraction of sp³-hybridized carbons (Fsp3) is 0.353. The second-order valence-corrected chi connectivity index (χ2v) is 5.94. The summed E-state index contributed by atoms with van der Waals surface area (Å²) in [6, 6.07) is 6.50. The molecule has 140 valence electrons. The summed E-state index contributed by atoms with van der Waals surface area (Å²) in [5, 5.41) is 3.93. The smallest absolute Gasteiger partial charge is 0.336 e. The van der Waals surface area contributed by atoms with E-state index >= 15 is 0 Å². The van der Waals surface area contributed by atoms with E-state index in [-0.39, 0.29) is 5.11 Å². The number of hydrogen-bond donors (Lipinski definition) is 3. The largest absolute Gasteiger partial charge is 0.481 e. The first-order valence-electron chi connectivity index (χ1n) is 7.94. The zero-order valence-corrected chi connectivity index (χ0v) is 15.6. The summed E-state index contributed by atoms with van der Waals surface area (Å²) in [6.45, 7) is 4.43. The first-order chi connectivity index (χ1) is 12.4. The minimum atomic E-state index is -0.793. The van der Waals surface area contributed by atoms with Crippen LogP contribution in [0.2, 0.25) is 0 Å². The number of rotatable bonds is 6. The Morgan fingerprint density at radius 3 is 2.81 bits per heavy atom. The van der Waals surface area contributed by atoms with Gasteiger partial charge in [-0.15, -0.1) is 0 Å². The Morgan fingerprint density at radius 2 is 2.08 bits per heavy atom. The van der Waals surface area contributed by atoms with E-state index < -0.39 is 17.6 Å². The van der Waals surface area contributed by atoms with Crippen LogP contribution in [-0.2, 0) is 9.53 Å². The maximum atomic E-state index is 12.1. The molecule has 1 heterocycles. The lowest BCUT2D eigenvalue weighted by atomic mass is 10.1. The number of aryl methyl sites for hydroxylation is 1. The zero-order valence-electron chi connectivity index (χ0n) is 14.8. The molecule has 1 aromatic carbocycles. The van der Waals surface area contributed by atoms with Gasteiger partial charge in [-0.1, -0.05) is 0 Å². The lowest BCUT2D eigenvalue weighted by Crippen LogP contribution is -2.50. The average Bonchev–Trinajstić information content (AvgIpc) is 2.59. The quantitative estimate of drug-likeness (QED) is 0.296. The predicted octanol–water partition coefficient (Wildman–Crippen LogP) is 1.01. The van der Waals surface area contributed by atoms with Crippen LogP contribution in [0.15, 0.2) is 33.5 Å². The molecule has 0 unspecified atom stereocenters. The van der Waals surface area contributed by atoms with Gasteiger partial charge in [0.15, 0.2) is 11.2 Å². The third-order valence-corrected chi connectivity index (χ3v) is 3.74. The molecule has 0 saturated heterocycles. The summed E-state index contributed by atoms with van der Waals surface area (Å²) in [5.41, 5.74) is 5.81. The van der Waals surface area contributed by atoms with Gasteiger partial charge in [0.05, 0.1) is 6.61 Å². The van der Waals surface area contributed by atoms with E-state index in [1.165, 1.54) is 6.07 Å². The number of thiocarbonyl (C=S) groups is 1. The lowest BCUT2D eigenvalue weighted by Gasteiger charge is -2.16. The number of hydrogen-bond acceptors (Lipinski definition) is 6. The number of carbonyl (C=O) groups is 1. The fourth-order valence-corrected chi connectivity index (χ4v) is 2.32. The maximum absolute atomic E-state index is 12.1. The van der Waals surface area contributed by atoms with Gasteiger partial charge in [0, 0.05) is 31.2 Å². The van der Waals surface area contributed by atoms with E-state index in [0.29, 0.717) is 24.5 Å². The molecule has 0 spiro atoms. The molecule has 0 bridgehead atoms. The van der Waals surface area contributed by atoms with Crippen molar-refractivity contribution in [3.63, 3.8) is 0 Å². The van der Waals surface area contributed by atoms with Crippen molar-refractivity contribution in [3.05, 3.63) is 40.2 Å². The third kappa shape index (κ3) is 5.43. The Morgan fingerprint density at radius 1 is 1.31 bits per heavy atom. The first kappa shape index (κ1) is 19.7. The Hall–Kier alpha value is -2.65. The zero-order chi connectivity index (χ0) is 19.1. The van der Waals surface area contributed by atoms with Crippen molar-refractivity contribution in [1.82, 2.24) is 16.2 Å². The van der Waals surface area contributed by atoms with Gasteiger partial charge in [-0.25, -0.2) is 4.79 Å². The first-order valence-corrected chi connectivity index (χ1v) is 8.35. The second-order valence-electron chi connectivity index (χ2n) is 5.53. The van der Waals surface area contributed by atoms with Gasteiger partial charge in [0.25, 0.3) is 5.91 Å². The highest BCUT2D eigenvalue weighted by Gasteiger charge is 2.15. The molecule has 0 aliphatic carbocycles. The average molecular weight is 379 g/mol. The summed E-state index contributed by atoms with van der Waals surface area (Å²) in [6.07, 6.45) is -0.793. The number of carbonyl (C=O) groups excluding carboxylic acids is 1. The molecule has 0 aliphatic heterocycles. The Labute approximate surface area is 155 Å². The van der Waals surface area contributed by atoms with Gasteiger partial charge < -0.3 is 19.2 Å². The van der Waals surface area contributed by atoms with Crippen molar-refractivity contribution in [2.24, 2.45) is 0 Å². The molecule has 1 aromatic heterocycles. The van der Waals surface area contributed by atoms with Gasteiger partial charge in [0.1, 0.15) is 11.3 Å². The minimum Gasteiger partial charge on any atom is -0.481 e. The van der Waals surface area contributed by atoms with Crippen LogP contribution < -0.4 is 26.5 Å². The molecule has 1 atom stereocenters. The van der Waals surface area contributed by atoms with E-state index in [4.69, 9.17) is 26.1 Å². The Kier molecular flexibility index (Phi) is 6.93. The number of fused-ring (bicyclic) bond motifs is 1. The number of nitrogens with one attached hydrogen (secondary N) is 3. The summed E-state index contributed by atoms with van der Waals surface area (Å²) in [4.78, 5) is 23.6. The van der Waals surface area contributed by atoms with Crippen LogP contribution in [0, 0.1) is 6.92 Å². The van der Waals surface area contributed by atoms with Crippen molar-refractivity contribution in [3.8, 4) is 5.75 Å². The van der Waals surface area contributed by atoms with Crippen LogP contribution >= 0.6 is 12.2 Å². The molecule has 0 aliphatic rings. The lowest BCUT2D eigenvalue weighted by molar-refractivity contribution is -0.127. The van der Waals surface area contributed by atoms with Crippen LogP contribution in [0.5, 0.6) is 5.75 Å². The molecule has 0 fully saturated rings. The fourth-order valence-electron chi connectivity index (χ4n) is 2.17. The Bertz CT molecular complexity index is 852. The molecule has 2 rings (SSSR count). The predicted molar refractivity (Wildman–Crippen MR) is 101 cm³/mol. The number of amides is 1. The van der Waals surface area contributed by atoms with E-state index in [9.17, 15) is 9.59 Å². The van der Waals surface area contributed by atoms with E-state index in [0.717, 1.165) is 10.9 Å². The van der Waals surface area contributed by atoms with E-state index in [2.05, 4.69) is 16.2 Å². The molecular formula is C17H21N3O5S. The van der Waals surface area contributed by atoms with Crippen molar-refractivity contribution >= 4 is 34.2 Å². The summed E-state index contributed by atoms with van der Waals surface area (Å²) in [5.74, 6) is 0.00128. The number of benzene rings is 1. The maximum Gasteiger partial charge on any atom is 0.336 e. The van der Waals surface area contributed by atoms with Crippen LogP contribution in [0.1, 0.15) is 12.5 Å². The highest BCUT2D eigenvalue weighted by Crippen LogP contribution is 2.22. The van der Waals surface area contributed by atoms with Gasteiger partial charge in [-0.3, -0.25) is 15.6 Å². The number of hydrazine groups is 1. The molecule has 0 radical (unpaired) electrons. The highest BCUT2D eigenvalue weighted by molar-refractivity contribution is 7.80. The summed E-state index contributed by atoms with van der Waals surface area (Å²) in [7, 11) is 1.58. The molecule has 1 amide bonds. The summed E-state index contributed by atoms with van der Waals surface area (Å²) < 4.78 is 15.6. The molecule has 26 heavy (non-hydrogen) atoms. The third-order valence-electron chi connectivity index (χ3n) is 3.50. The Balaban J connectivity index is 1.93. The molecule has 3 N–H and O–H groups in total. The molecular weight excluding hydrogens is 358 g/mol. The van der Waals surface area contributed by atoms with Crippen molar-refractivity contribution in [1.29, 1.82) is 0 Å². The summed E-state index contributed by atoms with van der Waals surface area (Å²) >= 11 is 5.00. The minimum absolute atomic E-state index is 0.269. The van der Waals surface area contributed by atoms with Crippen molar-refractivity contribution < 1.29 is 18.7 Å². The van der Waals surface area contributed by atoms with Crippen molar-refractivity contribution in [2.75, 3.05) is 20.3 Å². The van der Waals surface area contributed by atoms with Crippen LogP contribution in [0.25, 0.3) is 11.0 Å². The van der Waals surface area contributed by atoms with Gasteiger partial charge in [0.2, 0.25) is 0 Å². The highest BCUT2D eigenvalue weighted by atomic mass is 32.1. The van der Waals surface area contributed by atoms with Gasteiger partial charge in [-0.05, 0) is 43.8 Å². The van der Waals surface area contributed by atoms with Gasteiger partial charge >= 0.3 is 5.63 Å². The standard InChI is InChI=1S/C17H21N3O5S/c1-10-8-15(21)25-14-9-12(4-5-13(10)14)24-11(2)16(22)19-20-17(26)18-6-7-23-3/h4-5,8-9,11H,6-7H2,1-3H3,(H,19,22)(H2,18,20,26)/t11-/m1/s1. The SMILES string of the molecule is COCCNC(=S)NNC(=O)[C@@H](C)Oc1ccc2c(C)cc(=O)oc2c1. The molecule has 9 heteroatoms. The monoisotopic (exact) mass is 379 g/mol. The second kappa shape index (κ2) is 9.16. The topological polar surface area (TPSA) is 102 Å².